The van der Waals surface area contributed by atoms with Gasteiger partial charge >= 0.3 is 0 Å². The van der Waals surface area contributed by atoms with Gasteiger partial charge in [0.1, 0.15) is 0 Å². The Balaban J connectivity index is 1.62. The molecule has 130 valence electrons. The van der Waals surface area contributed by atoms with Gasteiger partial charge in [0.2, 0.25) is 0 Å². The van der Waals surface area contributed by atoms with E-state index in [1.165, 1.54) is 5.56 Å². The van der Waals surface area contributed by atoms with Crippen molar-refractivity contribution in [3.8, 4) is 11.1 Å². The molecule has 4 rings (SSSR count). The number of nitrogens with two attached hydrogens (primary N) is 1. The van der Waals surface area contributed by atoms with Crippen molar-refractivity contribution in [2.45, 2.75) is 12.3 Å². The topological polar surface area (TPSA) is 59.2 Å². The molecule has 1 aliphatic rings. The van der Waals surface area contributed by atoms with Crippen molar-refractivity contribution in [2.75, 3.05) is 18.0 Å². The second kappa shape index (κ2) is 7.10. The molecular weight excluding hydrogens is 322 g/mol. The van der Waals surface area contributed by atoms with E-state index in [2.05, 4.69) is 11.1 Å². The minimum absolute atomic E-state index is 0.0363. The van der Waals surface area contributed by atoms with Crippen molar-refractivity contribution < 1.29 is 4.79 Å². The summed E-state index contributed by atoms with van der Waals surface area (Å²) >= 11 is 0. The average Bonchev–Trinajstić information content (AvgIpc) is 2.73. The summed E-state index contributed by atoms with van der Waals surface area (Å²) in [6.45, 7) is 1.31. The molecule has 1 amide bonds. The first-order chi connectivity index (χ1) is 12.8. The number of aromatic nitrogens is 1. The minimum atomic E-state index is 0.0363. The number of anilines is 1. The van der Waals surface area contributed by atoms with Crippen LogP contribution < -0.4 is 10.6 Å². The Morgan fingerprint density at radius 2 is 1.69 bits per heavy atom. The van der Waals surface area contributed by atoms with Crippen LogP contribution in [0.4, 0.5) is 5.69 Å². The van der Waals surface area contributed by atoms with Gasteiger partial charge in [-0.05, 0) is 65.9 Å². The summed E-state index contributed by atoms with van der Waals surface area (Å²) in [6, 6.07) is 19.8. The number of benzene rings is 2. The van der Waals surface area contributed by atoms with Gasteiger partial charge in [-0.2, -0.15) is 0 Å². The van der Waals surface area contributed by atoms with Crippen LogP contribution in [0.2, 0.25) is 0 Å². The van der Waals surface area contributed by atoms with Crippen molar-refractivity contribution in [1.29, 1.82) is 0 Å². The van der Waals surface area contributed by atoms with Crippen molar-refractivity contribution in [2.24, 2.45) is 5.73 Å². The third kappa shape index (κ3) is 3.00. The quantitative estimate of drug-likeness (QED) is 0.786. The molecule has 2 aromatic carbocycles. The predicted octanol–water partition coefficient (Wildman–Crippen LogP) is 3.84. The number of amides is 1. The van der Waals surface area contributed by atoms with Crippen LogP contribution in [0.25, 0.3) is 11.1 Å². The van der Waals surface area contributed by atoms with Gasteiger partial charge in [-0.3, -0.25) is 9.78 Å². The number of carbonyl (C=O) groups is 1. The van der Waals surface area contributed by atoms with Crippen LogP contribution in [0.3, 0.4) is 0 Å². The van der Waals surface area contributed by atoms with Crippen LogP contribution in [0.1, 0.15) is 28.3 Å². The maximum absolute atomic E-state index is 13.1. The fourth-order valence-electron chi connectivity index (χ4n) is 3.60. The van der Waals surface area contributed by atoms with E-state index in [9.17, 15) is 4.79 Å². The summed E-state index contributed by atoms with van der Waals surface area (Å²) in [4.78, 5) is 19.0. The Hall–Kier alpha value is -2.98. The van der Waals surface area contributed by atoms with Gasteiger partial charge < -0.3 is 10.6 Å². The maximum atomic E-state index is 13.1. The number of para-hydroxylation sites is 1. The molecule has 1 aromatic heterocycles. The van der Waals surface area contributed by atoms with Crippen molar-refractivity contribution in [1.82, 2.24) is 4.98 Å². The first kappa shape index (κ1) is 16.5. The summed E-state index contributed by atoms with van der Waals surface area (Å²) < 4.78 is 0. The van der Waals surface area contributed by atoms with Crippen LogP contribution >= 0.6 is 0 Å². The molecule has 1 atom stereocenters. The number of nitrogens with zero attached hydrogens (tertiary/aromatic N) is 2. The van der Waals surface area contributed by atoms with Crippen LogP contribution in [-0.4, -0.2) is 24.0 Å². The van der Waals surface area contributed by atoms with Crippen molar-refractivity contribution in [3.05, 3.63) is 84.2 Å². The van der Waals surface area contributed by atoms with E-state index in [0.29, 0.717) is 24.6 Å². The first-order valence-corrected chi connectivity index (χ1v) is 8.89. The fourth-order valence-corrected chi connectivity index (χ4v) is 3.60. The minimum Gasteiger partial charge on any atom is -0.330 e. The molecule has 1 aliphatic heterocycles. The molecular formula is C22H21N3O. The molecule has 0 bridgehead atoms. The lowest BCUT2D eigenvalue weighted by Gasteiger charge is -2.34. The number of rotatable bonds is 3. The van der Waals surface area contributed by atoms with Crippen LogP contribution in [0.5, 0.6) is 0 Å². The smallest absolute Gasteiger partial charge is 0.258 e. The van der Waals surface area contributed by atoms with Gasteiger partial charge in [0.05, 0.1) is 0 Å². The van der Waals surface area contributed by atoms with Gasteiger partial charge in [0.15, 0.2) is 0 Å². The summed E-state index contributed by atoms with van der Waals surface area (Å²) in [5, 5.41) is 0. The molecule has 4 heteroatoms. The lowest BCUT2D eigenvalue weighted by molar-refractivity contribution is 0.0984. The Labute approximate surface area is 153 Å². The van der Waals surface area contributed by atoms with E-state index in [0.717, 1.165) is 23.2 Å². The Kier molecular flexibility index (Phi) is 4.50. The normalized spacial score (nSPS) is 16.2. The average molecular weight is 343 g/mol. The molecule has 0 radical (unpaired) electrons. The summed E-state index contributed by atoms with van der Waals surface area (Å²) in [6.07, 6.45) is 4.44. The fraction of sp³-hybridized carbons (Fsp3) is 0.182. The number of fused-ring (bicyclic) bond motifs is 1. The molecule has 0 aliphatic carbocycles. The lowest BCUT2D eigenvalue weighted by atomic mass is 9.89. The summed E-state index contributed by atoms with van der Waals surface area (Å²) in [5.74, 6) is 0.360. The zero-order valence-corrected chi connectivity index (χ0v) is 14.5. The van der Waals surface area contributed by atoms with E-state index >= 15 is 0 Å². The van der Waals surface area contributed by atoms with Crippen LogP contribution in [-0.2, 0) is 0 Å². The SMILES string of the molecule is NCC1CCN(C(=O)c2ccc(-c3ccncc3)cc2)c2ccccc21. The monoisotopic (exact) mass is 343 g/mol. The molecule has 0 fully saturated rings. The zero-order chi connectivity index (χ0) is 17.9. The molecule has 1 unspecified atom stereocenters. The zero-order valence-electron chi connectivity index (χ0n) is 14.5. The maximum Gasteiger partial charge on any atom is 0.258 e. The highest BCUT2D eigenvalue weighted by Gasteiger charge is 2.28. The third-order valence-corrected chi connectivity index (χ3v) is 5.04. The lowest BCUT2D eigenvalue weighted by Crippen LogP contribution is -2.38. The Morgan fingerprint density at radius 3 is 2.42 bits per heavy atom. The van der Waals surface area contributed by atoms with Crippen molar-refractivity contribution >= 4 is 11.6 Å². The molecule has 4 nitrogen and oxygen atoms in total. The molecule has 2 heterocycles. The van der Waals surface area contributed by atoms with E-state index in [-0.39, 0.29) is 5.91 Å². The Bertz CT molecular complexity index is 906. The van der Waals surface area contributed by atoms with Gasteiger partial charge in [0, 0.05) is 30.2 Å². The van der Waals surface area contributed by atoms with Crippen molar-refractivity contribution in [3.63, 3.8) is 0 Å². The van der Waals surface area contributed by atoms with Crippen LogP contribution in [0, 0.1) is 0 Å². The summed E-state index contributed by atoms with van der Waals surface area (Å²) in [5.41, 5.74) is 10.9. The van der Waals surface area contributed by atoms with Gasteiger partial charge in [-0.1, -0.05) is 30.3 Å². The van der Waals surface area contributed by atoms with Gasteiger partial charge in [0.25, 0.3) is 5.91 Å². The molecule has 0 saturated carbocycles. The van der Waals surface area contributed by atoms with Gasteiger partial charge in [-0.15, -0.1) is 0 Å². The second-order valence-corrected chi connectivity index (χ2v) is 6.55. The molecule has 3 aromatic rings. The third-order valence-electron chi connectivity index (χ3n) is 5.04. The predicted molar refractivity (Wildman–Crippen MR) is 104 cm³/mol. The van der Waals surface area contributed by atoms with Gasteiger partial charge in [-0.25, -0.2) is 0 Å². The number of hydrogen-bond acceptors (Lipinski definition) is 3. The highest BCUT2D eigenvalue weighted by molar-refractivity contribution is 6.07. The largest absolute Gasteiger partial charge is 0.330 e. The highest BCUT2D eigenvalue weighted by Crippen LogP contribution is 2.35. The number of hydrogen-bond donors (Lipinski definition) is 1. The highest BCUT2D eigenvalue weighted by atomic mass is 16.2. The van der Waals surface area contributed by atoms with Crippen LogP contribution in [0.15, 0.2) is 73.1 Å². The molecule has 2 N–H and O–H groups in total. The number of pyridine rings is 1. The van der Waals surface area contributed by atoms with E-state index < -0.39 is 0 Å². The Morgan fingerprint density at radius 1 is 1.00 bits per heavy atom. The number of carbonyl (C=O) groups excluding carboxylic acids is 1. The van der Waals surface area contributed by atoms with E-state index in [4.69, 9.17) is 5.73 Å². The summed E-state index contributed by atoms with van der Waals surface area (Å²) in [7, 11) is 0. The molecule has 0 spiro atoms. The second-order valence-electron chi connectivity index (χ2n) is 6.55. The van der Waals surface area contributed by atoms with E-state index in [1.54, 1.807) is 12.4 Å². The first-order valence-electron chi connectivity index (χ1n) is 8.89. The van der Waals surface area contributed by atoms with E-state index in [1.807, 2.05) is 59.5 Å². The molecule has 0 saturated heterocycles. The standard InChI is InChI=1S/C22H21N3O/c23-15-19-11-14-25(21-4-2-1-3-20(19)21)22(26)18-7-5-16(6-8-18)17-9-12-24-13-10-17/h1-10,12-13,19H,11,14-15,23H2. The molecule has 26 heavy (non-hydrogen) atoms.